The van der Waals surface area contributed by atoms with Crippen LogP contribution in [0.1, 0.15) is 24.5 Å². The number of benzene rings is 1. The van der Waals surface area contributed by atoms with Crippen LogP contribution in [0.2, 0.25) is 0 Å². The van der Waals surface area contributed by atoms with Crippen molar-refractivity contribution in [1.29, 1.82) is 5.26 Å². The minimum atomic E-state index is -0.180. The van der Waals surface area contributed by atoms with E-state index in [0.29, 0.717) is 24.2 Å². The fraction of sp³-hybridized carbons (Fsp3) is 0.385. The van der Waals surface area contributed by atoms with E-state index < -0.39 is 0 Å². The number of carbonyl (C=O) groups is 1. The van der Waals surface area contributed by atoms with E-state index in [1.807, 2.05) is 26.0 Å². The molecule has 1 aromatic rings. The van der Waals surface area contributed by atoms with Crippen LogP contribution in [-0.2, 0) is 4.79 Å². The highest BCUT2D eigenvalue weighted by Crippen LogP contribution is 2.17. The van der Waals surface area contributed by atoms with Gasteiger partial charge in [-0.3, -0.25) is 4.79 Å². The van der Waals surface area contributed by atoms with Gasteiger partial charge >= 0.3 is 0 Å². The summed E-state index contributed by atoms with van der Waals surface area (Å²) in [6.07, 6.45) is 0.708. The number of amides is 1. The van der Waals surface area contributed by atoms with E-state index in [1.54, 1.807) is 12.1 Å². The van der Waals surface area contributed by atoms with Gasteiger partial charge in [0, 0.05) is 12.2 Å². The first kappa shape index (κ1) is 13.2. The SMILES string of the molecule is CCC(CN)C(=O)Nc1cc(C#N)ccc1C. The van der Waals surface area contributed by atoms with Crippen LogP contribution in [0.25, 0.3) is 0 Å². The Morgan fingerprint density at radius 2 is 2.29 bits per heavy atom. The molecule has 1 atom stereocenters. The zero-order valence-electron chi connectivity index (χ0n) is 10.2. The van der Waals surface area contributed by atoms with Crippen molar-refractivity contribution < 1.29 is 4.79 Å². The summed E-state index contributed by atoms with van der Waals surface area (Å²) in [4.78, 5) is 11.9. The molecule has 3 N–H and O–H groups in total. The molecule has 0 bridgehead atoms. The standard InChI is InChI=1S/C13H17N3O/c1-3-11(8-15)13(17)16-12-6-10(7-14)5-4-9(12)2/h4-6,11H,3,8,15H2,1-2H3,(H,16,17). The van der Waals surface area contributed by atoms with Crippen molar-refractivity contribution >= 4 is 11.6 Å². The molecule has 0 fully saturated rings. The number of rotatable bonds is 4. The number of nitriles is 1. The Labute approximate surface area is 101 Å². The van der Waals surface area contributed by atoms with Crippen LogP contribution >= 0.6 is 0 Å². The summed E-state index contributed by atoms with van der Waals surface area (Å²) in [5, 5.41) is 11.6. The minimum Gasteiger partial charge on any atom is -0.330 e. The maximum Gasteiger partial charge on any atom is 0.228 e. The predicted octanol–water partition coefficient (Wildman–Crippen LogP) is 1.79. The first-order chi connectivity index (χ1) is 8.12. The Morgan fingerprint density at radius 3 is 2.82 bits per heavy atom. The number of nitrogens with zero attached hydrogens (tertiary/aromatic N) is 1. The highest BCUT2D eigenvalue weighted by molar-refractivity contribution is 5.93. The van der Waals surface area contributed by atoms with Gasteiger partial charge in [0.15, 0.2) is 0 Å². The maximum absolute atomic E-state index is 11.9. The molecule has 0 radical (unpaired) electrons. The van der Waals surface area contributed by atoms with E-state index in [-0.39, 0.29) is 11.8 Å². The summed E-state index contributed by atoms with van der Waals surface area (Å²) in [6, 6.07) is 7.27. The molecule has 1 amide bonds. The van der Waals surface area contributed by atoms with Crippen LogP contribution in [-0.4, -0.2) is 12.5 Å². The zero-order chi connectivity index (χ0) is 12.8. The van der Waals surface area contributed by atoms with Crippen molar-refractivity contribution in [1.82, 2.24) is 0 Å². The highest BCUT2D eigenvalue weighted by atomic mass is 16.1. The van der Waals surface area contributed by atoms with Crippen molar-refractivity contribution in [3.05, 3.63) is 29.3 Å². The molecule has 90 valence electrons. The van der Waals surface area contributed by atoms with E-state index in [2.05, 4.69) is 5.32 Å². The Hall–Kier alpha value is -1.86. The summed E-state index contributed by atoms with van der Waals surface area (Å²) in [7, 11) is 0. The Kier molecular flexibility index (Phi) is 4.68. The third kappa shape index (κ3) is 3.30. The van der Waals surface area contributed by atoms with Crippen molar-refractivity contribution in [3.63, 3.8) is 0 Å². The summed E-state index contributed by atoms with van der Waals surface area (Å²) in [6.45, 7) is 4.15. The van der Waals surface area contributed by atoms with E-state index >= 15 is 0 Å². The molecule has 0 aliphatic rings. The number of hydrogen-bond donors (Lipinski definition) is 2. The van der Waals surface area contributed by atoms with Gasteiger partial charge in [0.1, 0.15) is 0 Å². The van der Waals surface area contributed by atoms with Crippen LogP contribution in [0, 0.1) is 24.2 Å². The summed E-state index contributed by atoms with van der Waals surface area (Å²) < 4.78 is 0. The molecule has 1 rings (SSSR count). The fourth-order valence-corrected chi connectivity index (χ4v) is 1.52. The average molecular weight is 231 g/mol. The second-order valence-electron chi connectivity index (χ2n) is 3.97. The molecule has 1 unspecified atom stereocenters. The Balaban J connectivity index is 2.88. The van der Waals surface area contributed by atoms with Gasteiger partial charge < -0.3 is 11.1 Å². The lowest BCUT2D eigenvalue weighted by Crippen LogP contribution is -2.28. The largest absolute Gasteiger partial charge is 0.330 e. The van der Waals surface area contributed by atoms with E-state index in [4.69, 9.17) is 11.0 Å². The molecule has 0 spiro atoms. The number of aryl methyl sites for hydroxylation is 1. The molecule has 1 aromatic carbocycles. The van der Waals surface area contributed by atoms with E-state index in [1.165, 1.54) is 0 Å². The second-order valence-corrected chi connectivity index (χ2v) is 3.97. The maximum atomic E-state index is 11.9. The quantitative estimate of drug-likeness (QED) is 0.829. The lowest BCUT2D eigenvalue weighted by Gasteiger charge is -2.14. The van der Waals surface area contributed by atoms with E-state index in [0.717, 1.165) is 5.56 Å². The third-order valence-electron chi connectivity index (χ3n) is 2.77. The predicted molar refractivity (Wildman–Crippen MR) is 67.4 cm³/mol. The topological polar surface area (TPSA) is 78.9 Å². The van der Waals surface area contributed by atoms with Crippen molar-refractivity contribution in [2.45, 2.75) is 20.3 Å². The Morgan fingerprint density at radius 1 is 1.59 bits per heavy atom. The Bertz CT molecular complexity index is 444. The zero-order valence-corrected chi connectivity index (χ0v) is 10.2. The van der Waals surface area contributed by atoms with Crippen molar-refractivity contribution in [2.75, 3.05) is 11.9 Å². The van der Waals surface area contributed by atoms with Crippen LogP contribution in [0.3, 0.4) is 0 Å². The molecule has 17 heavy (non-hydrogen) atoms. The van der Waals surface area contributed by atoms with Gasteiger partial charge in [-0.1, -0.05) is 13.0 Å². The number of hydrogen-bond acceptors (Lipinski definition) is 3. The molecule has 0 saturated heterocycles. The number of carbonyl (C=O) groups excluding carboxylic acids is 1. The van der Waals surface area contributed by atoms with Gasteiger partial charge in [-0.05, 0) is 31.0 Å². The first-order valence-electron chi connectivity index (χ1n) is 5.64. The molecule has 4 heteroatoms. The van der Waals surface area contributed by atoms with Crippen LogP contribution in [0.15, 0.2) is 18.2 Å². The number of anilines is 1. The number of nitrogens with one attached hydrogen (secondary N) is 1. The van der Waals surface area contributed by atoms with Crippen LogP contribution in [0.5, 0.6) is 0 Å². The molecular formula is C13H17N3O. The van der Waals surface area contributed by atoms with Crippen LogP contribution in [0.4, 0.5) is 5.69 Å². The first-order valence-corrected chi connectivity index (χ1v) is 5.64. The van der Waals surface area contributed by atoms with Crippen LogP contribution < -0.4 is 11.1 Å². The summed E-state index contributed by atoms with van der Waals surface area (Å²) in [5.41, 5.74) is 7.67. The normalized spacial score (nSPS) is 11.6. The molecule has 0 aromatic heterocycles. The van der Waals surface area contributed by atoms with Gasteiger partial charge in [0.05, 0.1) is 17.6 Å². The van der Waals surface area contributed by atoms with Gasteiger partial charge in [0.2, 0.25) is 5.91 Å². The molecule has 0 aliphatic heterocycles. The van der Waals surface area contributed by atoms with Gasteiger partial charge in [-0.2, -0.15) is 5.26 Å². The second kappa shape index (κ2) is 6.02. The average Bonchev–Trinajstić information content (AvgIpc) is 2.33. The highest BCUT2D eigenvalue weighted by Gasteiger charge is 2.15. The fourth-order valence-electron chi connectivity index (χ4n) is 1.52. The van der Waals surface area contributed by atoms with E-state index in [9.17, 15) is 4.79 Å². The molecule has 4 nitrogen and oxygen atoms in total. The summed E-state index contributed by atoms with van der Waals surface area (Å²) in [5.74, 6) is -0.270. The molecule has 0 aliphatic carbocycles. The molecule has 0 heterocycles. The lowest BCUT2D eigenvalue weighted by molar-refractivity contribution is -0.119. The third-order valence-corrected chi connectivity index (χ3v) is 2.77. The van der Waals surface area contributed by atoms with Gasteiger partial charge in [0.25, 0.3) is 0 Å². The van der Waals surface area contributed by atoms with Gasteiger partial charge in [-0.15, -0.1) is 0 Å². The monoisotopic (exact) mass is 231 g/mol. The molecule has 0 saturated carbocycles. The van der Waals surface area contributed by atoms with Crippen molar-refractivity contribution in [2.24, 2.45) is 11.7 Å². The summed E-state index contributed by atoms with van der Waals surface area (Å²) >= 11 is 0. The van der Waals surface area contributed by atoms with Crippen molar-refractivity contribution in [3.8, 4) is 6.07 Å². The smallest absolute Gasteiger partial charge is 0.228 e. The van der Waals surface area contributed by atoms with Gasteiger partial charge in [-0.25, -0.2) is 0 Å². The number of nitrogens with two attached hydrogens (primary N) is 1. The minimum absolute atomic E-state index is 0.0896. The molecular weight excluding hydrogens is 214 g/mol. The lowest BCUT2D eigenvalue weighted by atomic mass is 10.1.